The van der Waals surface area contributed by atoms with Crippen LogP contribution in [0.1, 0.15) is 0 Å². The summed E-state index contributed by atoms with van der Waals surface area (Å²) in [5, 5.41) is 11.9. The summed E-state index contributed by atoms with van der Waals surface area (Å²) in [4.78, 5) is 4.70. The standard InChI is InChI=1S/C21H14ClNO2/c22-15-7-4-8-16(11-15)23-19-13-21(14-5-2-1-3-6-14)25-20-10-9-17(24)12-18(19)20/h1-13,24H. The van der Waals surface area contributed by atoms with Crippen LogP contribution in [0.2, 0.25) is 5.02 Å². The molecule has 122 valence electrons. The molecule has 4 heteroatoms. The number of phenolic OH excluding ortho intramolecular Hbond substituents is 1. The zero-order chi connectivity index (χ0) is 17.2. The number of hydrogen-bond acceptors (Lipinski definition) is 3. The van der Waals surface area contributed by atoms with Crippen LogP contribution >= 0.6 is 11.6 Å². The van der Waals surface area contributed by atoms with Gasteiger partial charge in [0, 0.05) is 22.0 Å². The smallest absolute Gasteiger partial charge is 0.137 e. The number of nitrogens with zero attached hydrogens (tertiary/aromatic N) is 1. The maximum atomic E-state index is 9.85. The molecular weight excluding hydrogens is 334 g/mol. The van der Waals surface area contributed by atoms with Crippen LogP contribution in [0, 0.1) is 0 Å². The Bertz CT molecular complexity index is 1120. The van der Waals surface area contributed by atoms with Crippen molar-refractivity contribution in [3.05, 3.63) is 89.2 Å². The van der Waals surface area contributed by atoms with Gasteiger partial charge in [0.2, 0.25) is 0 Å². The van der Waals surface area contributed by atoms with Gasteiger partial charge in [0.15, 0.2) is 0 Å². The average Bonchev–Trinajstić information content (AvgIpc) is 2.63. The minimum atomic E-state index is 0.165. The van der Waals surface area contributed by atoms with Crippen molar-refractivity contribution in [2.75, 3.05) is 0 Å². The summed E-state index contributed by atoms with van der Waals surface area (Å²) in [6.45, 7) is 0. The third kappa shape index (κ3) is 3.28. The van der Waals surface area contributed by atoms with Gasteiger partial charge in [-0.05, 0) is 36.4 Å². The summed E-state index contributed by atoms with van der Waals surface area (Å²) >= 11 is 6.06. The fourth-order valence-electron chi connectivity index (χ4n) is 2.68. The van der Waals surface area contributed by atoms with Crippen LogP contribution in [-0.4, -0.2) is 5.11 Å². The zero-order valence-corrected chi connectivity index (χ0v) is 13.9. The number of hydrogen-bond donors (Lipinski definition) is 1. The van der Waals surface area contributed by atoms with Crippen molar-refractivity contribution in [3.63, 3.8) is 0 Å². The van der Waals surface area contributed by atoms with Crippen LogP contribution in [0.4, 0.5) is 5.69 Å². The van der Waals surface area contributed by atoms with Crippen molar-refractivity contribution >= 4 is 28.3 Å². The topological polar surface area (TPSA) is 45.7 Å². The fraction of sp³-hybridized carbons (Fsp3) is 0. The van der Waals surface area contributed by atoms with Gasteiger partial charge in [0.25, 0.3) is 0 Å². The molecule has 0 aliphatic rings. The molecule has 0 aliphatic heterocycles. The highest BCUT2D eigenvalue weighted by atomic mass is 35.5. The van der Waals surface area contributed by atoms with Gasteiger partial charge in [-0.15, -0.1) is 0 Å². The van der Waals surface area contributed by atoms with Gasteiger partial charge < -0.3 is 9.52 Å². The highest BCUT2D eigenvalue weighted by molar-refractivity contribution is 6.30. The number of benzene rings is 3. The first-order valence-electron chi connectivity index (χ1n) is 7.82. The Hall–Kier alpha value is -3.04. The number of fused-ring (bicyclic) bond motifs is 1. The number of phenols is 1. The molecule has 0 spiro atoms. The summed E-state index contributed by atoms with van der Waals surface area (Å²) in [7, 11) is 0. The van der Waals surface area contributed by atoms with Gasteiger partial charge in [-0.3, -0.25) is 0 Å². The molecule has 3 aromatic carbocycles. The van der Waals surface area contributed by atoms with E-state index in [0.717, 1.165) is 16.6 Å². The summed E-state index contributed by atoms with van der Waals surface area (Å²) in [5.41, 5.74) is 2.35. The predicted octanol–water partition coefficient (Wildman–Crippen LogP) is 5.69. The van der Waals surface area contributed by atoms with E-state index in [1.54, 1.807) is 30.3 Å². The molecule has 1 N–H and O–H groups in total. The summed E-state index contributed by atoms with van der Waals surface area (Å²) in [5.74, 6) is 0.872. The van der Waals surface area contributed by atoms with E-state index in [1.807, 2.05) is 48.5 Å². The lowest BCUT2D eigenvalue weighted by Gasteiger charge is -2.05. The lowest BCUT2D eigenvalue weighted by atomic mass is 10.1. The Morgan fingerprint density at radius 2 is 1.68 bits per heavy atom. The number of aromatic hydroxyl groups is 1. The molecule has 0 saturated heterocycles. The molecule has 1 heterocycles. The lowest BCUT2D eigenvalue weighted by molar-refractivity contribution is 0.475. The normalized spacial score (nSPS) is 11.8. The fourth-order valence-corrected chi connectivity index (χ4v) is 2.86. The van der Waals surface area contributed by atoms with Crippen molar-refractivity contribution < 1.29 is 9.52 Å². The Morgan fingerprint density at radius 3 is 2.48 bits per heavy atom. The summed E-state index contributed by atoms with van der Waals surface area (Å²) in [6.07, 6.45) is 0. The van der Waals surface area contributed by atoms with E-state index in [4.69, 9.17) is 21.0 Å². The summed E-state index contributed by atoms with van der Waals surface area (Å²) < 4.78 is 6.01. The Kier molecular flexibility index (Phi) is 4.00. The largest absolute Gasteiger partial charge is 0.508 e. The molecule has 0 radical (unpaired) electrons. The van der Waals surface area contributed by atoms with Crippen molar-refractivity contribution in [1.29, 1.82) is 0 Å². The van der Waals surface area contributed by atoms with Crippen molar-refractivity contribution in [2.45, 2.75) is 0 Å². The van der Waals surface area contributed by atoms with E-state index in [2.05, 4.69) is 0 Å². The van der Waals surface area contributed by atoms with Crippen molar-refractivity contribution in [1.82, 2.24) is 0 Å². The van der Waals surface area contributed by atoms with Crippen LogP contribution in [0.3, 0.4) is 0 Å². The SMILES string of the molecule is Oc1ccc2oc(-c3ccccc3)cc(=Nc3cccc(Cl)c3)c2c1. The minimum Gasteiger partial charge on any atom is -0.508 e. The van der Waals surface area contributed by atoms with Crippen LogP contribution in [-0.2, 0) is 0 Å². The second-order valence-electron chi connectivity index (χ2n) is 5.63. The molecule has 0 bridgehead atoms. The molecule has 0 unspecified atom stereocenters. The Morgan fingerprint density at radius 1 is 0.840 bits per heavy atom. The molecule has 1 aromatic heterocycles. The molecule has 4 aromatic rings. The first kappa shape index (κ1) is 15.5. The highest BCUT2D eigenvalue weighted by Gasteiger charge is 2.07. The van der Waals surface area contributed by atoms with Crippen LogP contribution in [0.15, 0.2) is 88.3 Å². The molecule has 0 saturated carbocycles. The maximum absolute atomic E-state index is 9.85. The van der Waals surface area contributed by atoms with Gasteiger partial charge in [-0.2, -0.15) is 0 Å². The second-order valence-corrected chi connectivity index (χ2v) is 6.07. The molecule has 4 rings (SSSR count). The molecule has 25 heavy (non-hydrogen) atoms. The van der Waals surface area contributed by atoms with Crippen molar-refractivity contribution in [2.24, 2.45) is 4.99 Å². The first-order chi connectivity index (χ1) is 12.2. The van der Waals surface area contributed by atoms with Gasteiger partial charge in [-0.25, -0.2) is 4.99 Å². The minimum absolute atomic E-state index is 0.165. The second kappa shape index (κ2) is 6.46. The molecule has 0 amide bonds. The summed E-state index contributed by atoms with van der Waals surface area (Å²) in [6, 6.07) is 24.0. The lowest BCUT2D eigenvalue weighted by Crippen LogP contribution is -2.03. The third-order valence-corrected chi connectivity index (χ3v) is 4.08. The van der Waals surface area contributed by atoms with Crippen LogP contribution in [0.25, 0.3) is 22.3 Å². The predicted molar refractivity (Wildman–Crippen MR) is 100.0 cm³/mol. The van der Waals surface area contributed by atoms with Gasteiger partial charge in [0.1, 0.15) is 17.1 Å². The quantitative estimate of drug-likeness (QED) is 0.506. The van der Waals surface area contributed by atoms with E-state index in [-0.39, 0.29) is 5.75 Å². The van der Waals surface area contributed by atoms with E-state index in [1.165, 1.54) is 0 Å². The maximum Gasteiger partial charge on any atom is 0.137 e. The van der Waals surface area contributed by atoms with E-state index >= 15 is 0 Å². The number of halogens is 1. The zero-order valence-electron chi connectivity index (χ0n) is 13.2. The average molecular weight is 348 g/mol. The molecule has 0 fully saturated rings. The van der Waals surface area contributed by atoms with E-state index < -0.39 is 0 Å². The molecule has 3 nitrogen and oxygen atoms in total. The molecule has 0 aliphatic carbocycles. The van der Waals surface area contributed by atoms with Gasteiger partial charge in [-0.1, -0.05) is 48.0 Å². The van der Waals surface area contributed by atoms with E-state index in [0.29, 0.717) is 21.7 Å². The third-order valence-electron chi connectivity index (χ3n) is 3.84. The molecule has 0 atom stereocenters. The number of rotatable bonds is 2. The molecular formula is C21H14ClNO2. The van der Waals surface area contributed by atoms with Gasteiger partial charge in [0.05, 0.1) is 11.0 Å². The first-order valence-corrected chi connectivity index (χ1v) is 8.19. The van der Waals surface area contributed by atoms with Crippen LogP contribution < -0.4 is 5.36 Å². The van der Waals surface area contributed by atoms with Crippen LogP contribution in [0.5, 0.6) is 5.75 Å². The Balaban J connectivity index is 2.02. The van der Waals surface area contributed by atoms with E-state index in [9.17, 15) is 5.11 Å². The van der Waals surface area contributed by atoms with Crippen molar-refractivity contribution in [3.8, 4) is 17.1 Å². The monoisotopic (exact) mass is 347 g/mol. The highest BCUT2D eigenvalue weighted by Crippen LogP contribution is 2.25. The van der Waals surface area contributed by atoms with Gasteiger partial charge >= 0.3 is 0 Å². The Labute approximate surface area is 149 Å².